The third kappa shape index (κ3) is 6.60. The molecule has 9 nitrogen and oxygen atoms in total. The normalized spacial score (nSPS) is 12.5. The smallest absolute Gasteiger partial charge is 0.262 e. The molecule has 11 heteroatoms. The van der Waals surface area contributed by atoms with Crippen LogP contribution in [0.1, 0.15) is 23.6 Å². The number of nitrogens with zero attached hydrogens (tertiary/aromatic N) is 1. The Morgan fingerprint density at radius 3 is 2.11 bits per heavy atom. The van der Waals surface area contributed by atoms with Crippen LogP contribution in [0, 0.1) is 20.8 Å². The lowest BCUT2D eigenvalue weighted by Crippen LogP contribution is -2.45. The molecule has 1 amide bonds. The van der Waals surface area contributed by atoms with Crippen LogP contribution in [-0.4, -0.2) is 42.2 Å². The van der Waals surface area contributed by atoms with Crippen LogP contribution in [0.5, 0.6) is 5.75 Å². The first kappa shape index (κ1) is 28.0. The molecule has 3 aromatic rings. The highest BCUT2D eigenvalue weighted by Gasteiger charge is 2.29. The average Bonchev–Trinajstić information content (AvgIpc) is 2.81. The van der Waals surface area contributed by atoms with Crippen LogP contribution in [0.15, 0.2) is 65.6 Å². The van der Waals surface area contributed by atoms with Crippen molar-refractivity contribution >= 4 is 43.0 Å². The van der Waals surface area contributed by atoms with Gasteiger partial charge in [-0.1, -0.05) is 12.1 Å². The van der Waals surface area contributed by atoms with E-state index in [0.29, 0.717) is 22.8 Å². The Bertz CT molecular complexity index is 1520. The summed E-state index contributed by atoms with van der Waals surface area (Å²) >= 11 is 0. The maximum absolute atomic E-state index is 13.0. The SMILES string of the molecule is COc1ccc(C)cc1NS(=O)(=O)c1ccc(NC(=O)C(C)N(c2ccc(C)c(C)c2)S(C)(=O)=O)cc1. The summed E-state index contributed by atoms with van der Waals surface area (Å²) in [6.45, 7) is 7.10. The van der Waals surface area contributed by atoms with Crippen molar-refractivity contribution in [3.8, 4) is 5.75 Å². The minimum absolute atomic E-state index is 0.0185. The van der Waals surface area contributed by atoms with Gasteiger partial charge in [0, 0.05) is 5.69 Å². The third-order valence-electron chi connectivity index (χ3n) is 5.86. The number of sulfonamides is 2. The number of methoxy groups -OCH3 is 1. The molecule has 0 aliphatic rings. The molecule has 0 aromatic heterocycles. The topological polar surface area (TPSA) is 122 Å². The van der Waals surface area contributed by atoms with Gasteiger partial charge in [0.25, 0.3) is 10.0 Å². The van der Waals surface area contributed by atoms with Gasteiger partial charge in [-0.25, -0.2) is 16.8 Å². The van der Waals surface area contributed by atoms with E-state index in [1.165, 1.54) is 38.3 Å². The molecule has 0 saturated carbocycles. The van der Waals surface area contributed by atoms with Crippen molar-refractivity contribution in [3.05, 3.63) is 77.4 Å². The standard InChI is InChI=1S/C26H31N3O6S2/c1-17-7-14-25(35-5)24(15-17)28-37(33,34)23-12-9-21(10-13-23)27-26(30)20(4)29(36(6,31)32)22-11-8-18(2)19(3)16-22/h7-16,20,28H,1-6H3,(H,27,30). The minimum Gasteiger partial charge on any atom is -0.495 e. The molecule has 2 N–H and O–H groups in total. The number of hydrogen-bond acceptors (Lipinski definition) is 6. The predicted octanol–water partition coefficient (Wildman–Crippen LogP) is 4.21. The molecule has 1 atom stereocenters. The first-order valence-corrected chi connectivity index (χ1v) is 14.7. The van der Waals surface area contributed by atoms with E-state index in [2.05, 4.69) is 10.0 Å². The highest BCUT2D eigenvalue weighted by atomic mass is 32.2. The molecule has 0 saturated heterocycles. The fourth-order valence-corrected chi connectivity index (χ4v) is 5.97. The highest BCUT2D eigenvalue weighted by molar-refractivity contribution is 7.92. The molecule has 37 heavy (non-hydrogen) atoms. The summed E-state index contributed by atoms with van der Waals surface area (Å²) in [5, 5.41) is 2.66. The first-order valence-electron chi connectivity index (χ1n) is 11.4. The number of aryl methyl sites for hydroxylation is 3. The maximum Gasteiger partial charge on any atom is 0.262 e. The van der Waals surface area contributed by atoms with Crippen LogP contribution in [-0.2, 0) is 24.8 Å². The molecule has 0 aliphatic carbocycles. The number of anilines is 3. The van der Waals surface area contributed by atoms with E-state index in [9.17, 15) is 21.6 Å². The zero-order valence-corrected chi connectivity index (χ0v) is 23.2. The van der Waals surface area contributed by atoms with Crippen LogP contribution in [0.2, 0.25) is 0 Å². The Labute approximate surface area is 218 Å². The number of nitrogens with one attached hydrogen (secondary N) is 2. The maximum atomic E-state index is 13.0. The number of hydrogen-bond donors (Lipinski definition) is 2. The van der Waals surface area contributed by atoms with E-state index >= 15 is 0 Å². The van der Waals surface area contributed by atoms with E-state index < -0.39 is 32.0 Å². The molecule has 0 aliphatic heterocycles. The molecule has 3 rings (SSSR count). The Kier molecular flexibility index (Phi) is 8.19. The zero-order valence-electron chi connectivity index (χ0n) is 21.6. The Morgan fingerprint density at radius 2 is 1.54 bits per heavy atom. The van der Waals surface area contributed by atoms with Gasteiger partial charge in [0.05, 0.1) is 29.6 Å². The number of rotatable bonds is 9. The number of carbonyl (C=O) groups is 1. The summed E-state index contributed by atoms with van der Waals surface area (Å²) < 4.78 is 59.7. The van der Waals surface area contributed by atoms with Gasteiger partial charge in [-0.15, -0.1) is 0 Å². The monoisotopic (exact) mass is 545 g/mol. The summed E-state index contributed by atoms with van der Waals surface area (Å²) in [5.41, 5.74) is 3.76. The summed E-state index contributed by atoms with van der Waals surface area (Å²) in [7, 11) is -6.25. The van der Waals surface area contributed by atoms with Crippen molar-refractivity contribution in [2.45, 2.75) is 38.6 Å². The van der Waals surface area contributed by atoms with Crippen molar-refractivity contribution in [2.24, 2.45) is 0 Å². The molecular weight excluding hydrogens is 514 g/mol. The van der Waals surface area contributed by atoms with Gasteiger partial charge in [-0.2, -0.15) is 0 Å². The van der Waals surface area contributed by atoms with E-state index in [-0.39, 0.29) is 4.90 Å². The van der Waals surface area contributed by atoms with Crippen molar-refractivity contribution in [3.63, 3.8) is 0 Å². The van der Waals surface area contributed by atoms with Crippen LogP contribution in [0.4, 0.5) is 17.1 Å². The molecular formula is C26H31N3O6S2. The van der Waals surface area contributed by atoms with Crippen molar-refractivity contribution in [1.29, 1.82) is 0 Å². The van der Waals surface area contributed by atoms with Crippen molar-refractivity contribution < 1.29 is 26.4 Å². The fourth-order valence-electron chi connectivity index (χ4n) is 3.74. The quantitative estimate of drug-likeness (QED) is 0.415. The Morgan fingerprint density at radius 1 is 0.892 bits per heavy atom. The molecule has 0 bridgehead atoms. The summed E-state index contributed by atoms with van der Waals surface area (Å²) in [5.74, 6) is -0.187. The summed E-state index contributed by atoms with van der Waals surface area (Å²) in [6.07, 6.45) is 1.04. The Balaban J connectivity index is 1.80. The van der Waals surface area contributed by atoms with Crippen LogP contribution < -0.4 is 19.1 Å². The van der Waals surface area contributed by atoms with Gasteiger partial charge in [0.2, 0.25) is 15.9 Å². The molecule has 0 fully saturated rings. The predicted molar refractivity (Wildman–Crippen MR) is 146 cm³/mol. The van der Waals surface area contributed by atoms with Crippen LogP contribution >= 0.6 is 0 Å². The summed E-state index contributed by atoms with van der Waals surface area (Å²) in [6, 6.07) is 14.8. The summed E-state index contributed by atoms with van der Waals surface area (Å²) in [4.78, 5) is 13.0. The third-order valence-corrected chi connectivity index (χ3v) is 8.49. The van der Waals surface area contributed by atoms with E-state index in [1.54, 1.807) is 36.4 Å². The fraction of sp³-hybridized carbons (Fsp3) is 0.269. The van der Waals surface area contributed by atoms with Gasteiger partial charge >= 0.3 is 0 Å². The average molecular weight is 546 g/mol. The number of carbonyl (C=O) groups excluding carboxylic acids is 1. The second kappa shape index (κ2) is 10.8. The minimum atomic E-state index is -3.93. The Hall–Kier alpha value is -3.57. The lowest BCUT2D eigenvalue weighted by atomic mass is 10.1. The molecule has 0 spiro atoms. The van der Waals surface area contributed by atoms with E-state index in [4.69, 9.17) is 4.74 Å². The second-order valence-electron chi connectivity index (χ2n) is 8.83. The van der Waals surface area contributed by atoms with Crippen LogP contribution in [0.25, 0.3) is 0 Å². The van der Waals surface area contributed by atoms with Gasteiger partial charge < -0.3 is 10.1 Å². The molecule has 0 radical (unpaired) electrons. The van der Waals surface area contributed by atoms with Gasteiger partial charge in [0.1, 0.15) is 11.8 Å². The van der Waals surface area contributed by atoms with Gasteiger partial charge in [0.15, 0.2) is 0 Å². The van der Waals surface area contributed by atoms with Crippen LogP contribution in [0.3, 0.4) is 0 Å². The van der Waals surface area contributed by atoms with Gasteiger partial charge in [-0.05, 0) is 92.9 Å². The van der Waals surface area contributed by atoms with Crippen molar-refractivity contribution in [1.82, 2.24) is 0 Å². The lowest BCUT2D eigenvalue weighted by molar-refractivity contribution is -0.116. The molecule has 198 valence electrons. The number of amides is 1. The number of ether oxygens (including phenoxy) is 1. The molecule has 0 heterocycles. The van der Waals surface area contributed by atoms with Crippen molar-refractivity contribution in [2.75, 3.05) is 27.7 Å². The molecule has 1 unspecified atom stereocenters. The van der Waals surface area contributed by atoms with Gasteiger partial charge in [-0.3, -0.25) is 13.8 Å². The second-order valence-corrected chi connectivity index (χ2v) is 12.4. The van der Waals surface area contributed by atoms with E-state index in [1.807, 2.05) is 20.8 Å². The zero-order chi connectivity index (χ0) is 27.5. The largest absolute Gasteiger partial charge is 0.495 e. The van der Waals surface area contributed by atoms with E-state index in [0.717, 1.165) is 27.3 Å². The molecule has 3 aromatic carbocycles. The highest BCUT2D eigenvalue weighted by Crippen LogP contribution is 2.28. The number of benzene rings is 3. The lowest BCUT2D eigenvalue weighted by Gasteiger charge is -2.28. The first-order chi connectivity index (χ1) is 17.2.